The van der Waals surface area contributed by atoms with Crippen molar-refractivity contribution in [2.75, 3.05) is 11.4 Å². The molecule has 3 nitrogen and oxygen atoms in total. The fourth-order valence-electron chi connectivity index (χ4n) is 1.50. The zero-order valence-electron chi connectivity index (χ0n) is 7.45. The van der Waals surface area contributed by atoms with Crippen molar-refractivity contribution in [3.8, 4) is 0 Å². The van der Waals surface area contributed by atoms with Gasteiger partial charge >= 0.3 is 0 Å². The Morgan fingerprint density at radius 3 is 3.00 bits per heavy atom. The Kier molecular flexibility index (Phi) is 1.93. The van der Waals surface area contributed by atoms with Gasteiger partial charge < -0.3 is 10.2 Å². The third kappa shape index (κ3) is 1.49. The van der Waals surface area contributed by atoms with Crippen molar-refractivity contribution in [2.24, 2.45) is 0 Å². The Labute approximate surface area is 77.4 Å². The summed E-state index contributed by atoms with van der Waals surface area (Å²) in [4.78, 5) is 13.1. The van der Waals surface area contributed by atoms with Gasteiger partial charge in [-0.05, 0) is 13.0 Å². The molecule has 0 aromatic heterocycles. The van der Waals surface area contributed by atoms with Crippen LogP contribution in [-0.2, 0) is 4.79 Å². The molecule has 0 spiro atoms. The van der Waals surface area contributed by atoms with E-state index in [2.05, 4.69) is 11.4 Å². The summed E-state index contributed by atoms with van der Waals surface area (Å²) >= 11 is 0. The van der Waals surface area contributed by atoms with E-state index in [1.165, 1.54) is 0 Å². The summed E-state index contributed by atoms with van der Waals surface area (Å²) < 4.78 is 0. The maximum absolute atomic E-state index is 11.1. The Balaban J connectivity index is 2.23. The van der Waals surface area contributed by atoms with Gasteiger partial charge in [-0.1, -0.05) is 18.2 Å². The van der Waals surface area contributed by atoms with Crippen LogP contribution < -0.4 is 10.2 Å². The van der Waals surface area contributed by atoms with Gasteiger partial charge in [-0.2, -0.15) is 0 Å². The van der Waals surface area contributed by atoms with Crippen molar-refractivity contribution in [3.05, 3.63) is 30.3 Å². The summed E-state index contributed by atoms with van der Waals surface area (Å²) in [5, 5.41) is 2.83. The Bertz CT molecular complexity index is 310. The first-order chi connectivity index (χ1) is 6.27. The number of nitrogens with one attached hydrogen (secondary N) is 1. The number of carbonyl (C=O) groups is 1. The van der Waals surface area contributed by atoms with Gasteiger partial charge in [0.25, 0.3) is 0 Å². The minimum atomic E-state index is 0.0738. The average Bonchev–Trinajstić information content (AvgIpc) is 2.47. The number of carbonyl (C=O) groups excluding carboxylic acids is 1. The van der Waals surface area contributed by atoms with E-state index in [1.54, 1.807) is 0 Å². The highest BCUT2D eigenvalue weighted by atomic mass is 16.2. The SMILES string of the molecule is CC1NC(=O)CN1c1[c]cccc1. The smallest absolute Gasteiger partial charge is 0.241 e. The average molecular weight is 175 g/mol. The first kappa shape index (κ1) is 8.10. The molecule has 1 aromatic rings. The molecule has 1 aliphatic rings. The number of anilines is 1. The molecule has 1 fully saturated rings. The summed E-state index contributed by atoms with van der Waals surface area (Å²) in [7, 11) is 0. The molecule has 0 bridgehead atoms. The number of benzene rings is 1. The molecular weight excluding hydrogens is 164 g/mol. The first-order valence-corrected chi connectivity index (χ1v) is 4.30. The van der Waals surface area contributed by atoms with Gasteiger partial charge in [0, 0.05) is 11.8 Å². The van der Waals surface area contributed by atoms with Crippen molar-refractivity contribution in [3.63, 3.8) is 0 Å². The molecule has 1 heterocycles. The third-order valence-electron chi connectivity index (χ3n) is 2.15. The van der Waals surface area contributed by atoms with Gasteiger partial charge in [0.15, 0.2) is 0 Å². The minimum absolute atomic E-state index is 0.0738. The maximum Gasteiger partial charge on any atom is 0.241 e. The van der Waals surface area contributed by atoms with E-state index in [-0.39, 0.29) is 12.1 Å². The van der Waals surface area contributed by atoms with Crippen LogP contribution in [0.2, 0.25) is 0 Å². The van der Waals surface area contributed by atoms with Crippen molar-refractivity contribution in [1.29, 1.82) is 0 Å². The molecule has 0 saturated carbocycles. The van der Waals surface area contributed by atoms with E-state index in [0.717, 1.165) is 5.69 Å². The lowest BCUT2D eigenvalue weighted by Gasteiger charge is -2.21. The summed E-state index contributed by atoms with van der Waals surface area (Å²) in [5.74, 6) is 0.0738. The molecule has 1 saturated heterocycles. The fraction of sp³-hybridized carbons (Fsp3) is 0.300. The van der Waals surface area contributed by atoms with E-state index in [0.29, 0.717) is 6.54 Å². The summed E-state index contributed by atoms with van der Waals surface area (Å²) in [6.07, 6.45) is 0.0751. The number of rotatable bonds is 1. The molecular formula is C10H11N2O. The number of hydrogen-bond acceptors (Lipinski definition) is 2. The third-order valence-corrected chi connectivity index (χ3v) is 2.15. The topological polar surface area (TPSA) is 32.3 Å². The standard InChI is InChI=1S/C10H11N2O/c1-8-11-10(13)7-12(8)9-5-3-2-4-6-9/h2-5,8H,7H2,1H3,(H,11,13). The normalized spacial score (nSPS) is 21.8. The highest BCUT2D eigenvalue weighted by molar-refractivity contribution is 5.85. The predicted octanol–water partition coefficient (Wildman–Crippen LogP) is 0.769. The van der Waals surface area contributed by atoms with Gasteiger partial charge in [-0.15, -0.1) is 0 Å². The fourth-order valence-corrected chi connectivity index (χ4v) is 1.50. The molecule has 1 atom stereocenters. The highest BCUT2D eigenvalue weighted by Gasteiger charge is 2.25. The van der Waals surface area contributed by atoms with Crippen LogP contribution in [0.4, 0.5) is 5.69 Å². The number of nitrogens with zero attached hydrogens (tertiary/aromatic N) is 1. The molecule has 1 radical (unpaired) electrons. The van der Waals surface area contributed by atoms with Crippen molar-refractivity contribution >= 4 is 11.6 Å². The highest BCUT2D eigenvalue weighted by Crippen LogP contribution is 2.16. The Morgan fingerprint density at radius 2 is 2.46 bits per heavy atom. The van der Waals surface area contributed by atoms with Gasteiger partial charge in [-0.3, -0.25) is 4.79 Å². The molecule has 1 amide bonds. The second-order valence-electron chi connectivity index (χ2n) is 3.12. The van der Waals surface area contributed by atoms with E-state index >= 15 is 0 Å². The summed E-state index contributed by atoms with van der Waals surface area (Å²) in [5.41, 5.74) is 0.966. The van der Waals surface area contributed by atoms with Crippen LogP contribution >= 0.6 is 0 Å². The molecule has 67 valence electrons. The van der Waals surface area contributed by atoms with Gasteiger partial charge in [-0.25, -0.2) is 0 Å². The first-order valence-electron chi connectivity index (χ1n) is 4.30. The van der Waals surface area contributed by atoms with Crippen LogP contribution in [0.15, 0.2) is 24.3 Å². The van der Waals surface area contributed by atoms with Crippen LogP contribution in [0.5, 0.6) is 0 Å². The summed E-state index contributed by atoms with van der Waals surface area (Å²) in [6, 6.07) is 10.8. The largest absolute Gasteiger partial charge is 0.342 e. The maximum atomic E-state index is 11.1. The van der Waals surface area contributed by atoms with E-state index in [9.17, 15) is 4.79 Å². The van der Waals surface area contributed by atoms with Crippen molar-refractivity contribution in [1.82, 2.24) is 5.32 Å². The van der Waals surface area contributed by atoms with E-state index in [4.69, 9.17) is 0 Å². The molecule has 1 aliphatic heterocycles. The second kappa shape index (κ2) is 3.09. The molecule has 13 heavy (non-hydrogen) atoms. The quantitative estimate of drug-likeness (QED) is 0.683. The van der Waals surface area contributed by atoms with E-state index < -0.39 is 0 Å². The molecule has 1 N–H and O–H groups in total. The lowest BCUT2D eigenvalue weighted by Crippen LogP contribution is -2.32. The number of amides is 1. The molecule has 0 aliphatic carbocycles. The molecule has 1 aromatic carbocycles. The van der Waals surface area contributed by atoms with Gasteiger partial charge in [0.05, 0.1) is 12.7 Å². The van der Waals surface area contributed by atoms with Crippen LogP contribution in [0.3, 0.4) is 0 Å². The van der Waals surface area contributed by atoms with Crippen molar-refractivity contribution < 1.29 is 4.79 Å². The van der Waals surface area contributed by atoms with Crippen LogP contribution in [0.1, 0.15) is 6.92 Å². The molecule has 2 rings (SSSR count). The van der Waals surface area contributed by atoms with Crippen LogP contribution in [0.25, 0.3) is 0 Å². The van der Waals surface area contributed by atoms with Crippen LogP contribution in [-0.4, -0.2) is 18.6 Å². The lowest BCUT2D eigenvalue weighted by atomic mass is 10.3. The second-order valence-corrected chi connectivity index (χ2v) is 3.12. The Morgan fingerprint density at radius 1 is 1.62 bits per heavy atom. The number of para-hydroxylation sites is 1. The zero-order valence-corrected chi connectivity index (χ0v) is 7.45. The van der Waals surface area contributed by atoms with Crippen molar-refractivity contribution in [2.45, 2.75) is 13.1 Å². The Hall–Kier alpha value is -1.51. The predicted molar refractivity (Wildman–Crippen MR) is 50.2 cm³/mol. The van der Waals surface area contributed by atoms with Gasteiger partial charge in [0.2, 0.25) is 5.91 Å². The number of hydrogen-bond donors (Lipinski definition) is 1. The molecule has 3 heteroatoms. The van der Waals surface area contributed by atoms with Gasteiger partial charge in [0.1, 0.15) is 0 Å². The van der Waals surface area contributed by atoms with Crippen LogP contribution in [0, 0.1) is 6.07 Å². The summed E-state index contributed by atoms with van der Waals surface area (Å²) in [6.45, 7) is 2.40. The van der Waals surface area contributed by atoms with E-state index in [1.807, 2.05) is 36.1 Å². The zero-order chi connectivity index (χ0) is 9.26. The minimum Gasteiger partial charge on any atom is -0.342 e. The lowest BCUT2D eigenvalue weighted by molar-refractivity contribution is -0.118. The molecule has 1 unspecified atom stereocenters. The monoisotopic (exact) mass is 175 g/mol.